The number of nitrogens with two attached hydrogens (primary N) is 1. The molecule has 4 unspecified atom stereocenters. The van der Waals surface area contributed by atoms with Crippen LogP contribution in [0.2, 0.25) is 0 Å². The van der Waals surface area contributed by atoms with Gasteiger partial charge in [-0.05, 0) is 50.0 Å². The van der Waals surface area contributed by atoms with Crippen LogP contribution in [0, 0.1) is 17.8 Å². The second-order valence-corrected chi connectivity index (χ2v) is 6.53. The minimum atomic E-state index is 0.0690. The first-order chi connectivity index (χ1) is 8.83. The van der Waals surface area contributed by atoms with Gasteiger partial charge in [0.1, 0.15) is 0 Å². The third-order valence-corrected chi connectivity index (χ3v) is 5.47. The molecule has 1 spiro atoms. The van der Waals surface area contributed by atoms with Crippen LogP contribution in [-0.4, -0.2) is 32.0 Å². The summed E-state index contributed by atoms with van der Waals surface area (Å²) in [6, 6.07) is 0. The Balaban J connectivity index is 1.67. The molecule has 2 heterocycles. The molecule has 3 rings (SSSR count). The number of hydrogen-bond acceptors (Lipinski definition) is 3. The molecule has 0 bridgehead atoms. The van der Waals surface area contributed by atoms with Crippen LogP contribution in [0.15, 0.2) is 0 Å². The van der Waals surface area contributed by atoms with Gasteiger partial charge in [0.25, 0.3) is 0 Å². The minimum absolute atomic E-state index is 0.0690. The Morgan fingerprint density at radius 1 is 1.11 bits per heavy atom. The van der Waals surface area contributed by atoms with Crippen molar-refractivity contribution in [3.8, 4) is 0 Å². The third-order valence-electron chi connectivity index (χ3n) is 5.47. The monoisotopic (exact) mass is 253 g/mol. The molecule has 2 saturated heterocycles. The number of hydrogen-bond donors (Lipinski definition) is 1. The van der Waals surface area contributed by atoms with Gasteiger partial charge in [-0.1, -0.05) is 12.8 Å². The summed E-state index contributed by atoms with van der Waals surface area (Å²) in [7, 11) is 0. The molecule has 3 nitrogen and oxygen atoms in total. The average molecular weight is 253 g/mol. The topological polar surface area (TPSA) is 44.5 Å². The SMILES string of the molecule is NCC1CCCCC1C1CCOC2(CCOC2)C1. The second kappa shape index (κ2) is 5.48. The quantitative estimate of drug-likeness (QED) is 0.821. The van der Waals surface area contributed by atoms with Crippen LogP contribution in [0.3, 0.4) is 0 Å². The molecule has 18 heavy (non-hydrogen) atoms. The van der Waals surface area contributed by atoms with Gasteiger partial charge in [-0.3, -0.25) is 0 Å². The maximum Gasteiger partial charge on any atom is 0.0939 e. The van der Waals surface area contributed by atoms with Crippen molar-refractivity contribution < 1.29 is 9.47 Å². The zero-order chi connectivity index (χ0) is 12.4. The molecule has 2 aliphatic heterocycles. The van der Waals surface area contributed by atoms with E-state index in [9.17, 15) is 0 Å². The highest BCUT2D eigenvalue weighted by Crippen LogP contribution is 2.44. The van der Waals surface area contributed by atoms with Crippen molar-refractivity contribution >= 4 is 0 Å². The highest BCUT2D eigenvalue weighted by molar-refractivity contribution is 4.94. The zero-order valence-corrected chi connectivity index (χ0v) is 11.4. The molecule has 0 aromatic rings. The van der Waals surface area contributed by atoms with E-state index in [2.05, 4.69) is 0 Å². The predicted molar refractivity (Wildman–Crippen MR) is 71.3 cm³/mol. The molecule has 1 aliphatic carbocycles. The van der Waals surface area contributed by atoms with Gasteiger partial charge in [0, 0.05) is 19.6 Å². The summed E-state index contributed by atoms with van der Waals surface area (Å²) >= 11 is 0. The normalized spacial score (nSPS) is 45.5. The first-order valence-corrected chi connectivity index (χ1v) is 7.75. The van der Waals surface area contributed by atoms with Crippen molar-refractivity contribution in [2.45, 2.75) is 50.5 Å². The Morgan fingerprint density at radius 3 is 2.78 bits per heavy atom. The van der Waals surface area contributed by atoms with Gasteiger partial charge >= 0.3 is 0 Å². The molecule has 0 amide bonds. The molecule has 0 aromatic heterocycles. The third kappa shape index (κ3) is 2.45. The minimum Gasteiger partial charge on any atom is -0.378 e. The summed E-state index contributed by atoms with van der Waals surface area (Å²) < 4.78 is 11.6. The van der Waals surface area contributed by atoms with E-state index >= 15 is 0 Å². The van der Waals surface area contributed by atoms with E-state index in [1.807, 2.05) is 0 Å². The molecule has 4 atom stereocenters. The molecule has 2 N–H and O–H groups in total. The van der Waals surface area contributed by atoms with Crippen LogP contribution in [0.5, 0.6) is 0 Å². The van der Waals surface area contributed by atoms with Gasteiger partial charge in [-0.25, -0.2) is 0 Å². The van der Waals surface area contributed by atoms with Gasteiger partial charge in [0.2, 0.25) is 0 Å². The summed E-state index contributed by atoms with van der Waals surface area (Å²) in [6.07, 6.45) is 9.09. The summed E-state index contributed by atoms with van der Waals surface area (Å²) in [6.45, 7) is 3.52. The van der Waals surface area contributed by atoms with E-state index in [1.165, 1.54) is 38.5 Å². The van der Waals surface area contributed by atoms with E-state index < -0.39 is 0 Å². The standard InChI is InChI=1S/C15H27NO2/c16-10-13-3-1-2-4-14(13)12-5-7-18-15(9-12)6-8-17-11-15/h12-14H,1-11,16H2. The largest absolute Gasteiger partial charge is 0.378 e. The van der Waals surface area contributed by atoms with E-state index in [0.717, 1.165) is 50.5 Å². The Kier molecular flexibility index (Phi) is 3.92. The van der Waals surface area contributed by atoms with Crippen molar-refractivity contribution in [1.29, 1.82) is 0 Å². The Bertz CT molecular complexity index is 276. The van der Waals surface area contributed by atoms with Gasteiger partial charge < -0.3 is 15.2 Å². The first kappa shape index (κ1) is 12.9. The summed E-state index contributed by atoms with van der Waals surface area (Å²) in [4.78, 5) is 0. The van der Waals surface area contributed by atoms with E-state index in [1.54, 1.807) is 0 Å². The molecule has 104 valence electrons. The fourth-order valence-corrected chi connectivity index (χ4v) is 4.44. The molecule has 0 aromatic carbocycles. The Hall–Kier alpha value is -0.120. The van der Waals surface area contributed by atoms with Crippen LogP contribution in [0.4, 0.5) is 0 Å². The highest BCUT2D eigenvalue weighted by atomic mass is 16.6. The maximum absolute atomic E-state index is 6.06. The maximum atomic E-state index is 6.06. The predicted octanol–water partition coefficient (Wildman–Crippen LogP) is 2.34. The summed E-state index contributed by atoms with van der Waals surface area (Å²) in [5.41, 5.74) is 6.06. The van der Waals surface area contributed by atoms with Crippen LogP contribution in [0.25, 0.3) is 0 Å². The second-order valence-electron chi connectivity index (χ2n) is 6.53. The number of rotatable bonds is 2. The van der Waals surface area contributed by atoms with Crippen LogP contribution in [0.1, 0.15) is 44.9 Å². The lowest BCUT2D eigenvalue weighted by Crippen LogP contribution is -2.44. The highest BCUT2D eigenvalue weighted by Gasteiger charge is 2.44. The molecule has 3 aliphatic rings. The molecule has 0 radical (unpaired) electrons. The van der Waals surface area contributed by atoms with Gasteiger partial charge in [-0.15, -0.1) is 0 Å². The van der Waals surface area contributed by atoms with E-state index in [4.69, 9.17) is 15.2 Å². The lowest BCUT2D eigenvalue weighted by Gasteiger charge is -2.44. The Morgan fingerprint density at radius 2 is 2.00 bits per heavy atom. The molecule has 3 fully saturated rings. The summed E-state index contributed by atoms with van der Waals surface area (Å²) in [5.74, 6) is 2.45. The van der Waals surface area contributed by atoms with Crippen LogP contribution in [-0.2, 0) is 9.47 Å². The number of ether oxygens (including phenoxy) is 2. The van der Waals surface area contributed by atoms with Gasteiger partial charge in [0.05, 0.1) is 12.2 Å². The molecule has 3 heteroatoms. The van der Waals surface area contributed by atoms with Crippen LogP contribution >= 0.6 is 0 Å². The fraction of sp³-hybridized carbons (Fsp3) is 1.00. The fourth-order valence-electron chi connectivity index (χ4n) is 4.44. The molecular formula is C15H27NO2. The van der Waals surface area contributed by atoms with Crippen molar-refractivity contribution in [3.05, 3.63) is 0 Å². The molecular weight excluding hydrogens is 226 g/mol. The van der Waals surface area contributed by atoms with Gasteiger partial charge in [0.15, 0.2) is 0 Å². The van der Waals surface area contributed by atoms with Crippen molar-refractivity contribution in [2.24, 2.45) is 23.5 Å². The van der Waals surface area contributed by atoms with E-state index in [-0.39, 0.29) is 5.60 Å². The van der Waals surface area contributed by atoms with Crippen molar-refractivity contribution in [2.75, 3.05) is 26.4 Å². The van der Waals surface area contributed by atoms with Crippen LogP contribution < -0.4 is 5.73 Å². The lowest BCUT2D eigenvalue weighted by atomic mass is 9.67. The zero-order valence-electron chi connectivity index (χ0n) is 11.4. The smallest absolute Gasteiger partial charge is 0.0939 e. The Labute approximate surface area is 110 Å². The van der Waals surface area contributed by atoms with Crippen molar-refractivity contribution in [3.63, 3.8) is 0 Å². The van der Waals surface area contributed by atoms with E-state index in [0.29, 0.717) is 0 Å². The lowest BCUT2D eigenvalue weighted by molar-refractivity contribution is -0.112. The molecule has 1 saturated carbocycles. The summed E-state index contributed by atoms with van der Waals surface area (Å²) in [5, 5.41) is 0. The average Bonchev–Trinajstić information content (AvgIpc) is 2.86. The first-order valence-electron chi connectivity index (χ1n) is 7.75. The van der Waals surface area contributed by atoms with Crippen molar-refractivity contribution in [1.82, 2.24) is 0 Å². The van der Waals surface area contributed by atoms with Gasteiger partial charge in [-0.2, -0.15) is 0 Å².